The average molecular weight is 572 g/mol. The minimum Gasteiger partial charge on any atom is -0.460 e. The quantitative estimate of drug-likeness (QED) is 0.0777. The van der Waals surface area contributed by atoms with Crippen LogP contribution < -0.4 is 5.32 Å². The van der Waals surface area contributed by atoms with Crippen LogP contribution in [0.2, 0.25) is 0 Å². The van der Waals surface area contributed by atoms with E-state index in [0.717, 1.165) is 0 Å². The van der Waals surface area contributed by atoms with Crippen LogP contribution in [-0.2, 0) is 56.9 Å². The number of alkyl carbamates (subject to hydrolysis) is 1. The molecule has 1 heterocycles. The Labute approximate surface area is 229 Å². The van der Waals surface area contributed by atoms with E-state index in [2.05, 4.69) is 5.32 Å². The van der Waals surface area contributed by atoms with Crippen molar-refractivity contribution < 1.29 is 66.8 Å². The van der Waals surface area contributed by atoms with E-state index in [1.165, 1.54) is 0 Å². The summed E-state index contributed by atoms with van der Waals surface area (Å²) in [5, 5.41) is 11.0. The van der Waals surface area contributed by atoms with Gasteiger partial charge in [-0.1, -0.05) is 0 Å². The molecule has 1 rings (SSSR count). The first kappa shape index (κ1) is 35.4. The fraction of sp³-hybridized carbons (Fsp3) is 0.917. The van der Waals surface area contributed by atoms with E-state index in [-0.39, 0.29) is 26.4 Å². The fourth-order valence-electron chi connectivity index (χ4n) is 2.73. The molecule has 1 atom stereocenters. The normalized spacial score (nSPS) is 14.9. The SMILES string of the molecule is O=C(COCCOCCOCCOCCOCCOCCOCCOCCOCCO)OC[C@@H]1CNC(=O)O1. The molecule has 0 aromatic carbocycles. The van der Waals surface area contributed by atoms with Gasteiger partial charge in [0.1, 0.15) is 13.2 Å². The summed E-state index contributed by atoms with van der Waals surface area (Å²) in [7, 11) is 0. The van der Waals surface area contributed by atoms with E-state index in [1.54, 1.807) is 0 Å². The molecule has 1 fully saturated rings. The van der Waals surface area contributed by atoms with Crippen molar-refractivity contribution in [2.75, 3.05) is 139 Å². The van der Waals surface area contributed by atoms with Crippen LogP contribution in [0, 0.1) is 0 Å². The summed E-state index contributed by atoms with van der Waals surface area (Å²) in [6.45, 7) is 7.57. The van der Waals surface area contributed by atoms with E-state index in [9.17, 15) is 9.59 Å². The Morgan fingerprint density at radius 2 is 1.00 bits per heavy atom. The highest BCUT2D eigenvalue weighted by Crippen LogP contribution is 2.00. The highest BCUT2D eigenvalue weighted by molar-refractivity contribution is 5.71. The van der Waals surface area contributed by atoms with Crippen LogP contribution in [0.4, 0.5) is 4.79 Å². The van der Waals surface area contributed by atoms with Crippen LogP contribution in [0.1, 0.15) is 0 Å². The number of hydrogen-bond acceptors (Lipinski definition) is 14. The third kappa shape index (κ3) is 25.1. The molecule has 0 unspecified atom stereocenters. The molecule has 0 aromatic rings. The van der Waals surface area contributed by atoms with Gasteiger partial charge in [0, 0.05) is 0 Å². The number of carbonyl (C=O) groups excluding carboxylic acids is 2. The third-order valence-corrected chi connectivity index (χ3v) is 4.61. The summed E-state index contributed by atoms with van der Waals surface area (Å²) in [5.41, 5.74) is 0. The molecular formula is C24H45NO14. The predicted octanol–water partition coefficient (Wildman–Crippen LogP) is -1.22. The van der Waals surface area contributed by atoms with Gasteiger partial charge in [0.15, 0.2) is 6.10 Å². The van der Waals surface area contributed by atoms with Crippen LogP contribution in [0.5, 0.6) is 0 Å². The third-order valence-electron chi connectivity index (χ3n) is 4.61. The zero-order valence-electron chi connectivity index (χ0n) is 22.7. The van der Waals surface area contributed by atoms with Crippen molar-refractivity contribution in [3.63, 3.8) is 0 Å². The summed E-state index contributed by atoms with van der Waals surface area (Å²) < 4.78 is 57.7. The lowest BCUT2D eigenvalue weighted by atomic mass is 10.4. The van der Waals surface area contributed by atoms with Crippen molar-refractivity contribution in [2.24, 2.45) is 0 Å². The lowest BCUT2D eigenvalue weighted by molar-refractivity contribution is -0.151. The molecule has 0 bridgehead atoms. The standard InChI is InChI=1S/C24H45NO14/c26-1-2-29-3-4-30-5-6-31-7-8-32-9-10-33-11-12-34-13-14-35-15-16-36-17-18-37-21-23(27)38-20-22-19-25-24(28)39-22/h22,26H,1-21H2,(H,25,28)/t22-/m0/s1. The number of cyclic esters (lactones) is 1. The zero-order valence-corrected chi connectivity index (χ0v) is 22.7. The van der Waals surface area contributed by atoms with Crippen molar-refractivity contribution >= 4 is 12.1 Å². The number of esters is 1. The van der Waals surface area contributed by atoms with E-state index >= 15 is 0 Å². The molecule has 0 saturated carbocycles. The van der Waals surface area contributed by atoms with Crippen LogP contribution in [0.3, 0.4) is 0 Å². The fourth-order valence-corrected chi connectivity index (χ4v) is 2.73. The molecule has 230 valence electrons. The summed E-state index contributed by atoms with van der Waals surface area (Å²) in [6, 6.07) is 0. The minimum absolute atomic E-state index is 0.000844. The van der Waals surface area contributed by atoms with Gasteiger partial charge in [-0.2, -0.15) is 0 Å². The van der Waals surface area contributed by atoms with Gasteiger partial charge in [0.25, 0.3) is 0 Å². The Kier molecular flexibility index (Phi) is 25.3. The first-order chi connectivity index (χ1) is 19.2. The van der Waals surface area contributed by atoms with Gasteiger partial charge >= 0.3 is 12.1 Å². The lowest BCUT2D eigenvalue weighted by Gasteiger charge is -2.09. The number of amides is 1. The van der Waals surface area contributed by atoms with Crippen LogP contribution in [-0.4, -0.2) is 162 Å². The van der Waals surface area contributed by atoms with Gasteiger partial charge in [0.2, 0.25) is 0 Å². The molecule has 1 amide bonds. The predicted molar refractivity (Wildman–Crippen MR) is 134 cm³/mol. The summed E-state index contributed by atoms with van der Waals surface area (Å²) in [6.07, 6.45) is -0.972. The largest absolute Gasteiger partial charge is 0.460 e. The monoisotopic (exact) mass is 571 g/mol. The molecule has 1 aliphatic heterocycles. The van der Waals surface area contributed by atoms with Gasteiger partial charge in [-0.15, -0.1) is 0 Å². The molecule has 0 spiro atoms. The van der Waals surface area contributed by atoms with Crippen LogP contribution >= 0.6 is 0 Å². The van der Waals surface area contributed by atoms with Crippen molar-refractivity contribution in [1.29, 1.82) is 0 Å². The highest BCUT2D eigenvalue weighted by Gasteiger charge is 2.23. The van der Waals surface area contributed by atoms with E-state index < -0.39 is 18.2 Å². The molecular weight excluding hydrogens is 526 g/mol. The summed E-state index contributed by atoms with van der Waals surface area (Å²) in [5.74, 6) is -0.529. The molecule has 0 aliphatic carbocycles. The highest BCUT2D eigenvalue weighted by atomic mass is 16.6. The number of ether oxygens (including phenoxy) is 11. The van der Waals surface area contributed by atoms with Crippen molar-refractivity contribution in [2.45, 2.75) is 6.10 Å². The summed E-state index contributed by atoms with van der Waals surface area (Å²) >= 11 is 0. The topological polar surface area (TPSA) is 168 Å². The molecule has 1 aliphatic rings. The van der Waals surface area contributed by atoms with Gasteiger partial charge in [-0.3, -0.25) is 0 Å². The number of rotatable bonds is 30. The van der Waals surface area contributed by atoms with E-state index in [0.29, 0.717) is 112 Å². The van der Waals surface area contributed by atoms with Crippen molar-refractivity contribution in [3.8, 4) is 0 Å². The maximum absolute atomic E-state index is 11.5. The van der Waals surface area contributed by atoms with Gasteiger partial charge < -0.3 is 62.5 Å². The Hall–Kier alpha value is -1.66. The zero-order chi connectivity index (χ0) is 28.1. The van der Waals surface area contributed by atoms with E-state index in [4.69, 9.17) is 57.2 Å². The first-order valence-corrected chi connectivity index (χ1v) is 13.1. The molecule has 0 radical (unpaired) electrons. The number of hydrogen-bond donors (Lipinski definition) is 2. The maximum atomic E-state index is 11.5. The Morgan fingerprint density at radius 1 is 0.641 bits per heavy atom. The number of carbonyl (C=O) groups is 2. The van der Waals surface area contributed by atoms with Crippen molar-refractivity contribution in [1.82, 2.24) is 5.32 Å². The average Bonchev–Trinajstić information content (AvgIpc) is 3.36. The smallest absolute Gasteiger partial charge is 0.407 e. The molecule has 2 N–H and O–H groups in total. The Bertz CT molecular complexity index is 571. The lowest BCUT2D eigenvalue weighted by Crippen LogP contribution is -2.24. The Morgan fingerprint density at radius 3 is 1.33 bits per heavy atom. The second kappa shape index (κ2) is 27.9. The van der Waals surface area contributed by atoms with Gasteiger partial charge in [0.05, 0.1) is 125 Å². The van der Waals surface area contributed by atoms with E-state index in [1.807, 2.05) is 0 Å². The maximum Gasteiger partial charge on any atom is 0.407 e. The van der Waals surface area contributed by atoms with Gasteiger partial charge in [-0.05, 0) is 0 Å². The Balaban J connectivity index is 1.65. The number of aliphatic hydroxyl groups is 1. The number of nitrogens with one attached hydrogen (secondary N) is 1. The second-order valence-electron chi connectivity index (χ2n) is 7.77. The second-order valence-corrected chi connectivity index (χ2v) is 7.77. The molecule has 0 aromatic heterocycles. The molecule has 39 heavy (non-hydrogen) atoms. The summed E-state index contributed by atoms with van der Waals surface area (Å²) in [4.78, 5) is 22.4. The van der Waals surface area contributed by atoms with Crippen LogP contribution in [0.15, 0.2) is 0 Å². The molecule has 15 nitrogen and oxygen atoms in total. The van der Waals surface area contributed by atoms with Crippen molar-refractivity contribution in [3.05, 3.63) is 0 Å². The first-order valence-electron chi connectivity index (χ1n) is 13.1. The van der Waals surface area contributed by atoms with Crippen LogP contribution in [0.25, 0.3) is 0 Å². The number of aliphatic hydroxyl groups excluding tert-OH is 1. The van der Waals surface area contributed by atoms with Gasteiger partial charge in [-0.25, -0.2) is 9.59 Å². The molecule has 15 heteroatoms. The minimum atomic E-state index is -0.529. The molecule has 1 saturated heterocycles.